The van der Waals surface area contributed by atoms with Crippen molar-refractivity contribution in [2.45, 2.75) is 18.9 Å². The van der Waals surface area contributed by atoms with Crippen LogP contribution in [0.5, 0.6) is 0 Å². The highest BCUT2D eigenvalue weighted by Crippen LogP contribution is 2.26. The largest absolute Gasteiger partial charge is 0.478 e. The third-order valence-electron chi connectivity index (χ3n) is 2.79. The summed E-state index contributed by atoms with van der Waals surface area (Å²) in [7, 11) is 1.78. The fraction of sp³-hybridized carbons (Fsp3) is 0.333. The number of benzene rings is 1. The maximum Gasteiger partial charge on any atom is 0.335 e. The Morgan fingerprint density at radius 2 is 1.69 bits per heavy atom. The number of amides is 1. The third-order valence-corrected chi connectivity index (χ3v) is 2.79. The molecule has 4 heteroatoms. The predicted molar refractivity (Wildman–Crippen MR) is 58.5 cm³/mol. The Morgan fingerprint density at radius 3 is 2.12 bits per heavy atom. The van der Waals surface area contributed by atoms with Crippen LogP contribution in [-0.4, -0.2) is 35.0 Å². The molecule has 1 fully saturated rings. The summed E-state index contributed by atoms with van der Waals surface area (Å²) >= 11 is 0. The van der Waals surface area contributed by atoms with Crippen LogP contribution in [0.3, 0.4) is 0 Å². The molecule has 0 aromatic heterocycles. The molecule has 1 aromatic carbocycles. The molecule has 16 heavy (non-hydrogen) atoms. The molecule has 1 saturated carbocycles. The van der Waals surface area contributed by atoms with Gasteiger partial charge in [-0.05, 0) is 37.1 Å². The van der Waals surface area contributed by atoms with Crippen molar-refractivity contribution in [3.63, 3.8) is 0 Å². The van der Waals surface area contributed by atoms with Crippen LogP contribution in [0, 0.1) is 0 Å². The summed E-state index contributed by atoms with van der Waals surface area (Å²) in [5.74, 6) is -1.02. The molecular formula is C12H13NO3. The van der Waals surface area contributed by atoms with E-state index in [-0.39, 0.29) is 11.5 Å². The lowest BCUT2D eigenvalue weighted by Gasteiger charge is -2.16. The van der Waals surface area contributed by atoms with E-state index < -0.39 is 5.97 Å². The molecule has 4 nitrogen and oxygen atoms in total. The van der Waals surface area contributed by atoms with E-state index in [0.717, 1.165) is 12.8 Å². The van der Waals surface area contributed by atoms with E-state index in [1.807, 2.05) is 0 Å². The number of carbonyl (C=O) groups excluding carboxylic acids is 1. The van der Waals surface area contributed by atoms with Crippen molar-refractivity contribution in [2.75, 3.05) is 7.05 Å². The normalized spacial score (nSPS) is 14.6. The Labute approximate surface area is 93.5 Å². The van der Waals surface area contributed by atoms with E-state index in [9.17, 15) is 9.59 Å². The van der Waals surface area contributed by atoms with E-state index in [1.54, 1.807) is 24.1 Å². The number of rotatable bonds is 3. The van der Waals surface area contributed by atoms with Gasteiger partial charge in [-0.3, -0.25) is 4.79 Å². The van der Waals surface area contributed by atoms with Crippen molar-refractivity contribution in [1.29, 1.82) is 0 Å². The minimum Gasteiger partial charge on any atom is -0.478 e. The van der Waals surface area contributed by atoms with Crippen LogP contribution >= 0.6 is 0 Å². The summed E-state index contributed by atoms with van der Waals surface area (Å²) in [5, 5.41) is 8.73. The molecule has 1 amide bonds. The van der Waals surface area contributed by atoms with E-state index in [2.05, 4.69) is 0 Å². The number of carbonyl (C=O) groups is 2. The highest BCUT2D eigenvalue weighted by molar-refractivity contribution is 5.96. The van der Waals surface area contributed by atoms with Crippen molar-refractivity contribution in [3.8, 4) is 0 Å². The maximum atomic E-state index is 11.9. The summed E-state index contributed by atoms with van der Waals surface area (Å²) in [6.07, 6.45) is 2.13. The summed E-state index contributed by atoms with van der Waals surface area (Å²) in [4.78, 5) is 24.2. The first-order valence-corrected chi connectivity index (χ1v) is 5.20. The minimum absolute atomic E-state index is 0.0422. The lowest BCUT2D eigenvalue weighted by Crippen LogP contribution is -2.28. The molecule has 0 saturated heterocycles. The number of carboxylic acids is 1. The maximum absolute atomic E-state index is 11.9. The van der Waals surface area contributed by atoms with Gasteiger partial charge in [0.15, 0.2) is 0 Å². The van der Waals surface area contributed by atoms with Crippen LogP contribution in [-0.2, 0) is 0 Å². The Bertz CT molecular complexity index is 420. The van der Waals surface area contributed by atoms with Gasteiger partial charge >= 0.3 is 5.97 Å². The minimum atomic E-state index is -0.977. The number of hydrogen-bond donors (Lipinski definition) is 1. The van der Waals surface area contributed by atoms with E-state index in [4.69, 9.17) is 5.11 Å². The van der Waals surface area contributed by atoms with Gasteiger partial charge in [-0.2, -0.15) is 0 Å². The summed E-state index contributed by atoms with van der Waals surface area (Å²) < 4.78 is 0. The number of carboxylic acid groups (broad SMARTS) is 1. The van der Waals surface area contributed by atoms with Gasteiger partial charge in [0.2, 0.25) is 0 Å². The second kappa shape index (κ2) is 3.96. The van der Waals surface area contributed by atoms with Crippen LogP contribution < -0.4 is 0 Å². The van der Waals surface area contributed by atoms with Gasteiger partial charge in [0.25, 0.3) is 5.91 Å². The fourth-order valence-electron chi connectivity index (χ4n) is 1.59. The monoisotopic (exact) mass is 219 g/mol. The van der Waals surface area contributed by atoms with Gasteiger partial charge in [-0.1, -0.05) is 0 Å². The Morgan fingerprint density at radius 1 is 1.19 bits per heavy atom. The topological polar surface area (TPSA) is 57.6 Å². The molecule has 1 aromatic rings. The van der Waals surface area contributed by atoms with Gasteiger partial charge in [0, 0.05) is 18.7 Å². The lowest BCUT2D eigenvalue weighted by molar-refractivity contribution is 0.0695. The molecule has 0 unspecified atom stereocenters. The highest BCUT2D eigenvalue weighted by atomic mass is 16.4. The zero-order chi connectivity index (χ0) is 11.7. The molecule has 0 spiro atoms. The SMILES string of the molecule is CN(C(=O)c1ccc(C(=O)O)cc1)C1CC1. The van der Waals surface area contributed by atoms with Crippen molar-refractivity contribution in [2.24, 2.45) is 0 Å². The fourth-order valence-corrected chi connectivity index (χ4v) is 1.59. The highest BCUT2D eigenvalue weighted by Gasteiger charge is 2.29. The van der Waals surface area contributed by atoms with Crippen molar-refractivity contribution < 1.29 is 14.7 Å². The molecular weight excluding hydrogens is 206 g/mol. The van der Waals surface area contributed by atoms with Gasteiger partial charge in [-0.15, -0.1) is 0 Å². The summed E-state index contributed by atoms with van der Waals surface area (Å²) in [6.45, 7) is 0. The van der Waals surface area contributed by atoms with Crippen LogP contribution in [0.1, 0.15) is 33.6 Å². The quantitative estimate of drug-likeness (QED) is 0.840. The average molecular weight is 219 g/mol. The second-order valence-electron chi connectivity index (χ2n) is 4.03. The first kappa shape index (κ1) is 10.7. The molecule has 0 heterocycles. The van der Waals surface area contributed by atoms with Gasteiger partial charge in [-0.25, -0.2) is 4.79 Å². The Balaban J connectivity index is 2.14. The predicted octanol–water partition coefficient (Wildman–Crippen LogP) is 1.62. The molecule has 0 radical (unpaired) electrons. The molecule has 1 aliphatic carbocycles. The first-order valence-electron chi connectivity index (χ1n) is 5.20. The van der Waals surface area contributed by atoms with Crippen LogP contribution in [0.25, 0.3) is 0 Å². The van der Waals surface area contributed by atoms with Crippen LogP contribution in [0.4, 0.5) is 0 Å². The molecule has 0 atom stereocenters. The molecule has 0 bridgehead atoms. The zero-order valence-corrected chi connectivity index (χ0v) is 9.01. The number of aromatic carboxylic acids is 1. The Hall–Kier alpha value is -1.84. The van der Waals surface area contributed by atoms with Gasteiger partial charge in [0.1, 0.15) is 0 Å². The first-order chi connectivity index (χ1) is 7.59. The molecule has 1 aliphatic rings. The van der Waals surface area contributed by atoms with Gasteiger partial charge in [0.05, 0.1) is 5.56 Å². The van der Waals surface area contributed by atoms with E-state index >= 15 is 0 Å². The van der Waals surface area contributed by atoms with Crippen molar-refractivity contribution >= 4 is 11.9 Å². The smallest absolute Gasteiger partial charge is 0.335 e. The molecule has 1 N–H and O–H groups in total. The molecule has 2 rings (SSSR count). The Kier molecular flexibility index (Phi) is 2.64. The van der Waals surface area contributed by atoms with E-state index in [0.29, 0.717) is 11.6 Å². The van der Waals surface area contributed by atoms with Crippen LogP contribution in [0.15, 0.2) is 24.3 Å². The average Bonchev–Trinajstić information content (AvgIpc) is 3.11. The lowest BCUT2D eigenvalue weighted by atomic mass is 10.1. The number of hydrogen-bond acceptors (Lipinski definition) is 2. The van der Waals surface area contributed by atoms with Crippen molar-refractivity contribution in [1.82, 2.24) is 4.90 Å². The molecule has 0 aliphatic heterocycles. The summed E-state index contributed by atoms with van der Waals surface area (Å²) in [5.41, 5.74) is 0.741. The second-order valence-corrected chi connectivity index (χ2v) is 4.03. The summed E-state index contributed by atoms with van der Waals surface area (Å²) in [6, 6.07) is 6.40. The third kappa shape index (κ3) is 2.05. The standard InChI is InChI=1S/C12H13NO3/c1-13(10-6-7-10)11(14)8-2-4-9(5-3-8)12(15)16/h2-5,10H,6-7H2,1H3,(H,15,16). The van der Waals surface area contributed by atoms with Gasteiger partial charge < -0.3 is 10.0 Å². The van der Waals surface area contributed by atoms with Crippen LogP contribution in [0.2, 0.25) is 0 Å². The van der Waals surface area contributed by atoms with Crippen molar-refractivity contribution in [3.05, 3.63) is 35.4 Å². The van der Waals surface area contributed by atoms with E-state index in [1.165, 1.54) is 12.1 Å². The zero-order valence-electron chi connectivity index (χ0n) is 9.01. The number of nitrogens with zero attached hydrogens (tertiary/aromatic N) is 1. The molecule has 84 valence electrons.